The number of carbonyl (C=O) groups excluding carboxylic acids is 1. The van der Waals surface area contributed by atoms with Crippen molar-refractivity contribution in [1.82, 2.24) is 0 Å². The molecule has 0 radical (unpaired) electrons. The standard InChI is InChI=1S/C26H20ClNO3S/c1-32(30,31)23-14-12-22(13-15-23)28-26(29)21-11-16-25(27)24(17-21)20-9-7-19(8-10-20)18-5-3-2-4-6-18/h2-17H,1H3,(H,28,29). The van der Waals surface area contributed by atoms with Crippen LogP contribution in [0.3, 0.4) is 0 Å². The summed E-state index contributed by atoms with van der Waals surface area (Å²) in [6.07, 6.45) is 1.14. The lowest BCUT2D eigenvalue weighted by Crippen LogP contribution is -2.12. The first-order chi connectivity index (χ1) is 15.3. The van der Waals surface area contributed by atoms with E-state index >= 15 is 0 Å². The molecule has 0 saturated heterocycles. The van der Waals surface area contributed by atoms with Crippen molar-refractivity contribution < 1.29 is 13.2 Å². The summed E-state index contributed by atoms with van der Waals surface area (Å²) >= 11 is 6.42. The zero-order valence-corrected chi connectivity index (χ0v) is 18.8. The van der Waals surface area contributed by atoms with Crippen molar-refractivity contribution in [2.45, 2.75) is 4.90 Å². The van der Waals surface area contributed by atoms with Crippen LogP contribution in [-0.2, 0) is 9.84 Å². The van der Waals surface area contributed by atoms with Crippen LogP contribution in [0, 0.1) is 0 Å². The molecule has 0 aliphatic heterocycles. The fourth-order valence-corrected chi connectivity index (χ4v) is 4.21. The van der Waals surface area contributed by atoms with Crippen LogP contribution < -0.4 is 5.32 Å². The van der Waals surface area contributed by atoms with Gasteiger partial charge < -0.3 is 5.32 Å². The molecule has 0 unspecified atom stereocenters. The second-order valence-electron chi connectivity index (χ2n) is 7.39. The molecule has 0 aliphatic rings. The van der Waals surface area contributed by atoms with Crippen molar-refractivity contribution in [3.63, 3.8) is 0 Å². The number of carbonyl (C=O) groups is 1. The van der Waals surface area contributed by atoms with Crippen LogP contribution in [0.2, 0.25) is 5.02 Å². The number of hydrogen-bond donors (Lipinski definition) is 1. The van der Waals surface area contributed by atoms with Crippen LogP contribution in [0.15, 0.2) is 102 Å². The third kappa shape index (κ3) is 4.90. The molecule has 1 N–H and O–H groups in total. The quantitative estimate of drug-likeness (QED) is 0.377. The van der Waals surface area contributed by atoms with Crippen LogP contribution >= 0.6 is 11.6 Å². The molecule has 0 heterocycles. The summed E-state index contributed by atoms with van der Waals surface area (Å²) in [5.74, 6) is -0.309. The molecule has 0 spiro atoms. The molecule has 0 aliphatic carbocycles. The number of sulfone groups is 1. The average molecular weight is 462 g/mol. The van der Waals surface area contributed by atoms with Crippen LogP contribution in [0.5, 0.6) is 0 Å². The third-order valence-electron chi connectivity index (χ3n) is 5.07. The monoisotopic (exact) mass is 461 g/mol. The second-order valence-corrected chi connectivity index (χ2v) is 9.81. The van der Waals surface area contributed by atoms with Crippen molar-refractivity contribution in [1.29, 1.82) is 0 Å². The molecule has 4 aromatic carbocycles. The number of rotatable bonds is 5. The molecule has 4 rings (SSSR count). The summed E-state index contributed by atoms with van der Waals surface area (Å²) in [4.78, 5) is 13.0. The van der Waals surface area contributed by atoms with Crippen molar-refractivity contribution >= 4 is 33.0 Å². The largest absolute Gasteiger partial charge is 0.322 e. The Morgan fingerprint density at radius 1 is 0.750 bits per heavy atom. The smallest absolute Gasteiger partial charge is 0.255 e. The van der Waals surface area contributed by atoms with Gasteiger partial charge in [0.1, 0.15) is 0 Å². The minimum Gasteiger partial charge on any atom is -0.322 e. The lowest BCUT2D eigenvalue weighted by atomic mass is 9.99. The average Bonchev–Trinajstić information content (AvgIpc) is 2.80. The Balaban J connectivity index is 1.56. The van der Waals surface area contributed by atoms with Gasteiger partial charge in [-0.05, 0) is 59.2 Å². The predicted molar refractivity (Wildman–Crippen MR) is 130 cm³/mol. The van der Waals surface area contributed by atoms with Gasteiger partial charge in [-0.2, -0.15) is 0 Å². The summed E-state index contributed by atoms with van der Waals surface area (Å²) in [6.45, 7) is 0. The van der Waals surface area contributed by atoms with Gasteiger partial charge in [-0.1, -0.05) is 66.2 Å². The van der Waals surface area contributed by atoms with Crippen molar-refractivity contribution in [3.05, 3.63) is 108 Å². The summed E-state index contributed by atoms with van der Waals surface area (Å²) in [5, 5.41) is 3.34. The minimum atomic E-state index is -3.29. The van der Waals surface area contributed by atoms with Crippen LogP contribution in [0.25, 0.3) is 22.3 Å². The van der Waals surface area contributed by atoms with Gasteiger partial charge in [0.15, 0.2) is 9.84 Å². The molecule has 32 heavy (non-hydrogen) atoms. The maximum atomic E-state index is 12.8. The third-order valence-corrected chi connectivity index (χ3v) is 6.53. The van der Waals surface area contributed by atoms with Gasteiger partial charge in [-0.15, -0.1) is 0 Å². The highest BCUT2D eigenvalue weighted by molar-refractivity contribution is 7.90. The second kappa shape index (κ2) is 8.99. The van der Waals surface area contributed by atoms with Gasteiger partial charge in [0.25, 0.3) is 5.91 Å². The molecule has 0 fully saturated rings. The van der Waals surface area contributed by atoms with Gasteiger partial charge >= 0.3 is 0 Å². The minimum absolute atomic E-state index is 0.197. The van der Waals surface area contributed by atoms with Gasteiger partial charge in [0.05, 0.1) is 4.90 Å². The van der Waals surface area contributed by atoms with Crippen LogP contribution in [0.4, 0.5) is 5.69 Å². The highest BCUT2D eigenvalue weighted by Gasteiger charge is 2.12. The fraction of sp³-hybridized carbons (Fsp3) is 0.0385. The maximum Gasteiger partial charge on any atom is 0.255 e. The molecule has 0 atom stereocenters. The van der Waals surface area contributed by atoms with E-state index in [2.05, 4.69) is 17.4 Å². The highest BCUT2D eigenvalue weighted by Crippen LogP contribution is 2.31. The molecular weight excluding hydrogens is 442 g/mol. The van der Waals surface area contributed by atoms with E-state index in [9.17, 15) is 13.2 Å². The normalized spacial score (nSPS) is 11.2. The topological polar surface area (TPSA) is 63.2 Å². The Bertz CT molecular complexity index is 1370. The van der Waals surface area contributed by atoms with E-state index in [0.717, 1.165) is 28.5 Å². The van der Waals surface area contributed by atoms with Gasteiger partial charge in [-0.3, -0.25) is 4.79 Å². The first kappa shape index (κ1) is 21.8. The van der Waals surface area contributed by atoms with E-state index < -0.39 is 9.84 Å². The van der Waals surface area contributed by atoms with Crippen molar-refractivity contribution in [3.8, 4) is 22.3 Å². The lowest BCUT2D eigenvalue weighted by Gasteiger charge is -2.10. The predicted octanol–water partition coefficient (Wildman–Crippen LogP) is 6.33. The SMILES string of the molecule is CS(=O)(=O)c1ccc(NC(=O)c2ccc(Cl)c(-c3ccc(-c4ccccc4)cc3)c2)cc1. The number of nitrogens with one attached hydrogen (secondary N) is 1. The number of amides is 1. The summed E-state index contributed by atoms with van der Waals surface area (Å²) in [5.41, 5.74) is 4.83. The van der Waals surface area contributed by atoms with E-state index in [1.165, 1.54) is 12.1 Å². The number of benzene rings is 4. The molecule has 1 amide bonds. The lowest BCUT2D eigenvalue weighted by molar-refractivity contribution is 0.102. The molecule has 0 saturated carbocycles. The highest BCUT2D eigenvalue weighted by atomic mass is 35.5. The van der Waals surface area contributed by atoms with E-state index in [4.69, 9.17) is 11.6 Å². The fourth-order valence-electron chi connectivity index (χ4n) is 3.35. The zero-order chi connectivity index (χ0) is 22.7. The summed E-state index contributed by atoms with van der Waals surface area (Å²) < 4.78 is 23.2. The number of hydrogen-bond acceptors (Lipinski definition) is 3. The molecule has 0 aromatic heterocycles. The Morgan fingerprint density at radius 2 is 1.34 bits per heavy atom. The molecule has 0 bridgehead atoms. The Morgan fingerprint density at radius 3 is 1.97 bits per heavy atom. The number of halogens is 1. The summed E-state index contributed by atoms with van der Waals surface area (Å²) in [6, 6.07) is 29.2. The molecule has 160 valence electrons. The maximum absolute atomic E-state index is 12.8. The van der Waals surface area contributed by atoms with Gasteiger partial charge in [0, 0.05) is 28.1 Å². The van der Waals surface area contributed by atoms with Crippen molar-refractivity contribution in [2.24, 2.45) is 0 Å². The first-order valence-corrected chi connectivity index (χ1v) is 12.1. The van der Waals surface area contributed by atoms with Crippen LogP contribution in [-0.4, -0.2) is 20.6 Å². The van der Waals surface area contributed by atoms with E-state index in [0.29, 0.717) is 16.3 Å². The van der Waals surface area contributed by atoms with Crippen molar-refractivity contribution in [2.75, 3.05) is 11.6 Å². The van der Waals surface area contributed by atoms with Gasteiger partial charge in [-0.25, -0.2) is 8.42 Å². The van der Waals surface area contributed by atoms with Crippen LogP contribution in [0.1, 0.15) is 10.4 Å². The Hall–Kier alpha value is -3.41. The Labute approximate surface area is 192 Å². The van der Waals surface area contributed by atoms with E-state index in [1.807, 2.05) is 42.5 Å². The Kier molecular flexibility index (Phi) is 6.12. The molecule has 6 heteroatoms. The molecule has 4 nitrogen and oxygen atoms in total. The van der Waals surface area contributed by atoms with E-state index in [-0.39, 0.29) is 10.8 Å². The zero-order valence-electron chi connectivity index (χ0n) is 17.2. The van der Waals surface area contributed by atoms with E-state index in [1.54, 1.807) is 30.3 Å². The first-order valence-electron chi connectivity index (χ1n) is 9.88. The summed E-state index contributed by atoms with van der Waals surface area (Å²) in [7, 11) is -3.29. The van der Waals surface area contributed by atoms with Gasteiger partial charge in [0.2, 0.25) is 0 Å². The number of anilines is 1. The molecule has 4 aromatic rings. The molecular formula is C26H20ClNO3S.